The Kier molecular flexibility index (Phi) is 5.93. The predicted molar refractivity (Wildman–Crippen MR) is 85.7 cm³/mol. The van der Waals surface area contributed by atoms with Gasteiger partial charge in [-0.1, -0.05) is 24.0 Å². The van der Waals surface area contributed by atoms with Crippen LogP contribution in [0.2, 0.25) is 0 Å². The molecule has 0 aliphatic rings. The van der Waals surface area contributed by atoms with Gasteiger partial charge < -0.3 is 5.73 Å². The number of benzene rings is 1. The zero-order valence-corrected chi connectivity index (χ0v) is 13.7. The van der Waals surface area contributed by atoms with Crippen LogP contribution in [0.15, 0.2) is 24.3 Å². The van der Waals surface area contributed by atoms with Crippen molar-refractivity contribution in [3.8, 4) is 11.8 Å². The molecule has 0 bridgehead atoms. The van der Waals surface area contributed by atoms with E-state index < -0.39 is 15.7 Å². The molecule has 116 valence electrons. The first kappa shape index (κ1) is 17.7. The Hall–Kier alpha value is -1.39. The molecule has 1 rings (SSSR count). The molecule has 1 atom stereocenters. The summed E-state index contributed by atoms with van der Waals surface area (Å²) < 4.78 is 29.2. The van der Waals surface area contributed by atoms with Crippen molar-refractivity contribution < 1.29 is 8.42 Å². The molecule has 0 saturated heterocycles. The summed E-state index contributed by atoms with van der Waals surface area (Å²) in [5.74, 6) is 5.71. The van der Waals surface area contributed by atoms with Gasteiger partial charge in [0, 0.05) is 17.1 Å². The monoisotopic (exact) mass is 309 g/mol. The third-order valence-electron chi connectivity index (χ3n) is 2.49. The third kappa shape index (κ3) is 6.74. The van der Waals surface area contributed by atoms with E-state index in [0.29, 0.717) is 6.54 Å². The number of hydrogen-bond donors (Lipinski definition) is 3. The first-order chi connectivity index (χ1) is 9.63. The number of nitrogens with two attached hydrogens (primary N) is 1. The number of rotatable bonds is 4. The van der Waals surface area contributed by atoms with Gasteiger partial charge >= 0.3 is 0 Å². The third-order valence-corrected chi connectivity index (χ3v) is 4.04. The van der Waals surface area contributed by atoms with Crippen molar-refractivity contribution in [1.82, 2.24) is 9.44 Å². The second kappa shape index (κ2) is 7.05. The molecule has 5 nitrogen and oxygen atoms in total. The van der Waals surface area contributed by atoms with Crippen LogP contribution in [-0.4, -0.2) is 20.5 Å². The van der Waals surface area contributed by atoms with Gasteiger partial charge in [-0.2, -0.15) is 17.9 Å². The van der Waals surface area contributed by atoms with Gasteiger partial charge in [-0.05, 0) is 45.4 Å². The minimum atomic E-state index is -3.57. The summed E-state index contributed by atoms with van der Waals surface area (Å²) in [7, 11) is -3.57. The van der Waals surface area contributed by atoms with Crippen LogP contribution in [0, 0.1) is 11.8 Å². The van der Waals surface area contributed by atoms with Crippen LogP contribution in [-0.2, 0) is 10.2 Å². The molecule has 0 saturated carbocycles. The fourth-order valence-electron chi connectivity index (χ4n) is 1.77. The molecular weight excluding hydrogens is 286 g/mol. The molecule has 0 aliphatic carbocycles. The molecule has 1 unspecified atom stereocenters. The minimum absolute atomic E-state index is 0.294. The van der Waals surface area contributed by atoms with E-state index in [1.54, 1.807) is 27.7 Å². The Balaban J connectivity index is 2.87. The van der Waals surface area contributed by atoms with Crippen LogP contribution in [0.1, 0.15) is 44.9 Å². The van der Waals surface area contributed by atoms with Crippen LogP contribution in [0.25, 0.3) is 0 Å². The molecule has 0 radical (unpaired) electrons. The highest BCUT2D eigenvalue weighted by atomic mass is 32.2. The molecule has 1 aromatic carbocycles. The molecule has 0 amide bonds. The lowest BCUT2D eigenvalue weighted by atomic mass is 10.1. The molecule has 0 spiro atoms. The Bertz CT molecular complexity index is 637. The van der Waals surface area contributed by atoms with E-state index in [-0.39, 0.29) is 6.04 Å². The Morgan fingerprint density at radius 2 is 2.00 bits per heavy atom. The van der Waals surface area contributed by atoms with E-state index in [9.17, 15) is 8.42 Å². The van der Waals surface area contributed by atoms with Crippen molar-refractivity contribution >= 4 is 10.2 Å². The first-order valence-corrected chi connectivity index (χ1v) is 8.21. The molecule has 6 heteroatoms. The molecule has 0 aromatic heterocycles. The number of hydrogen-bond acceptors (Lipinski definition) is 3. The van der Waals surface area contributed by atoms with Gasteiger partial charge in [0.1, 0.15) is 0 Å². The predicted octanol–water partition coefficient (Wildman–Crippen LogP) is 1.28. The van der Waals surface area contributed by atoms with E-state index in [1.807, 2.05) is 24.3 Å². The summed E-state index contributed by atoms with van der Waals surface area (Å²) in [5.41, 5.74) is 6.47. The van der Waals surface area contributed by atoms with Crippen molar-refractivity contribution in [2.24, 2.45) is 5.73 Å². The van der Waals surface area contributed by atoms with Crippen LogP contribution in [0.5, 0.6) is 0 Å². The van der Waals surface area contributed by atoms with Crippen molar-refractivity contribution in [3.05, 3.63) is 35.4 Å². The van der Waals surface area contributed by atoms with Gasteiger partial charge in [0.2, 0.25) is 0 Å². The summed E-state index contributed by atoms with van der Waals surface area (Å²) in [6.07, 6.45) is 0. The highest BCUT2D eigenvalue weighted by Gasteiger charge is 2.22. The highest BCUT2D eigenvalue weighted by molar-refractivity contribution is 7.87. The average Bonchev–Trinajstić information content (AvgIpc) is 2.33. The van der Waals surface area contributed by atoms with Crippen LogP contribution >= 0.6 is 0 Å². The van der Waals surface area contributed by atoms with Crippen molar-refractivity contribution in [3.63, 3.8) is 0 Å². The molecule has 21 heavy (non-hydrogen) atoms. The zero-order chi connectivity index (χ0) is 16.1. The lowest BCUT2D eigenvalue weighted by Crippen LogP contribution is -2.47. The Morgan fingerprint density at radius 3 is 2.57 bits per heavy atom. The average molecular weight is 309 g/mol. The second-order valence-corrected chi connectivity index (χ2v) is 7.27. The van der Waals surface area contributed by atoms with Gasteiger partial charge in [0.25, 0.3) is 10.2 Å². The van der Waals surface area contributed by atoms with E-state index in [1.165, 1.54) is 0 Å². The fourth-order valence-corrected chi connectivity index (χ4v) is 3.24. The van der Waals surface area contributed by atoms with Gasteiger partial charge in [0.05, 0.1) is 6.54 Å². The zero-order valence-electron chi connectivity index (χ0n) is 12.9. The minimum Gasteiger partial charge on any atom is -0.320 e. The molecular formula is C15H23N3O2S. The van der Waals surface area contributed by atoms with E-state index in [4.69, 9.17) is 5.73 Å². The quantitative estimate of drug-likeness (QED) is 0.733. The van der Waals surface area contributed by atoms with Gasteiger partial charge in [-0.15, -0.1) is 0 Å². The summed E-state index contributed by atoms with van der Waals surface area (Å²) in [4.78, 5) is 0. The van der Waals surface area contributed by atoms with E-state index in [0.717, 1.165) is 11.1 Å². The maximum Gasteiger partial charge on any atom is 0.277 e. The largest absolute Gasteiger partial charge is 0.320 e. The smallest absolute Gasteiger partial charge is 0.277 e. The van der Waals surface area contributed by atoms with Crippen LogP contribution in [0.4, 0.5) is 0 Å². The summed E-state index contributed by atoms with van der Waals surface area (Å²) in [6, 6.07) is 7.06. The van der Waals surface area contributed by atoms with E-state index >= 15 is 0 Å². The number of nitrogens with one attached hydrogen (secondary N) is 2. The first-order valence-electron chi connectivity index (χ1n) is 6.73. The maximum atomic E-state index is 12.0. The van der Waals surface area contributed by atoms with Crippen molar-refractivity contribution in [2.75, 3.05) is 6.54 Å². The summed E-state index contributed by atoms with van der Waals surface area (Å²) in [6.45, 7) is 7.46. The standard InChI is InChI=1S/C15H23N3O2S/c1-12(17-21(19,20)18-15(2,3)4)14-9-5-7-13(11-14)8-6-10-16/h5,7,9,11-12,17-18H,10,16H2,1-4H3. The lowest BCUT2D eigenvalue weighted by molar-refractivity contribution is 0.478. The summed E-state index contributed by atoms with van der Waals surface area (Å²) >= 11 is 0. The molecule has 0 aliphatic heterocycles. The van der Waals surface area contributed by atoms with Gasteiger partial charge in [-0.3, -0.25) is 0 Å². The molecule has 0 heterocycles. The van der Waals surface area contributed by atoms with E-state index in [2.05, 4.69) is 21.3 Å². The molecule has 4 N–H and O–H groups in total. The highest BCUT2D eigenvalue weighted by Crippen LogP contribution is 2.15. The molecule has 1 aromatic rings. The van der Waals surface area contributed by atoms with Gasteiger partial charge in [-0.25, -0.2) is 0 Å². The maximum absolute atomic E-state index is 12.0. The SMILES string of the molecule is CC(NS(=O)(=O)NC(C)(C)C)c1cccc(C#CCN)c1. The fraction of sp³-hybridized carbons (Fsp3) is 0.467. The van der Waals surface area contributed by atoms with Gasteiger partial charge in [0.15, 0.2) is 0 Å². The Labute approximate surface area is 127 Å². The van der Waals surface area contributed by atoms with Crippen molar-refractivity contribution in [1.29, 1.82) is 0 Å². The summed E-state index contributed by atoms with van der Waals surface area (Å²) in [5, 5.41) is 0. The topological polar surface area (TPSA) is 84.2 Å². The second-order valence-electron chi connectivity index (χ2n) is 5.83. The van der Waals surface area contributed by atoms with Crippen molar-refractivity contribution in [2.45, 2.75) is 39.3 Å². The molecule has 0 fully saturated rings. The van der Waals surface area contributed by atoms with Crippen LogP contribution < -0.4 is 15.2 Å². The Morgan fingerprint density at radius 1 is 1.33 bits per heavy atom. The van der Waals surface area contributed by atoms with Crippen LogP contribution in [0.3, 0.4) is 0 Å². The lowest BCUT2D eigenvalue weighted by Gasteiger charge is -2.23. The normalized spacial score (nSPS) is 13.4.